The molecule has 0 saturated carbocycles. The van der Waals surface area contributed by atoms with Crippen molar-refractivity contribution in [3.05, 3.63) is 71.3 Å². The first-order valence-electron chi connectivity index (χ1n) is 9.27. The molecule has 1 aliphatic rings. The van der Waals surface area contributed by atoms with Crippen LogP contribution in [0.3, 0.4) is 0 Å². The van der Waals surface area contributed by atoms with Gasteiger partial charge in [0.05, 0.1) is 0 Å². The number of amides is 1. The molecule has 0 spiro atoms. The minimum atomic E-state index is 0.0407. The Morgan fingerprint density at radius 1 is 1.04 bits per heavy atom. The number of nitrogens with zero attached hydrogens (tertiary/aromatic N) is 1. The summed E-state index contributed by atoms with van der Waals surface area (Å²) in [6.45, 7) is 3.53. The topological polar surface area (TPSA) is 46.3 Å². The van der Waals surface area contributed by atoms with Crippen LogP contribution in [-0.2, 0) is 11.2 Å². The molecule has 0 aliphatic carbocycles. The Morgan fingerprint density at radius 2 is 1.76 bits per heavy atom. The summed E-state index contributed by atoms with van der Waals surface area (Å²) in [5.41, 5.74) is 10.2. The van der Waals surface area contributed by atoms with Crippen molar-refractivity contribution in [3.8, 4) is 0 Å². The molecule has 3 heteroatoms. The maximum absolute atomic E-state index is 12.5. The molecule has 132 valence electrons. The van der Waals surface area contributed by atoms with Crippen molar-refractivity contribution >= 4 is 5.91 Å². The van der Waals surface area contributed by atoms with Crippen LogP contribution in [0.15, 0.2) is 54.6 Å². The molecule has 3 nitrogen and oxygen atoms in total. The fraction of sp³-hybridized carbons (Fsp3) is 0.409. The lowest BCUT2D eigenvalue weighted by molar-refractivity contribution is -0.130. The van der Waals surface area contributed by atoms with E-state index in [1.165, 1.54) is 16.7 Å². The second kappa shape index (κ2) is 8.30. The van der Waals surface area contributed by atoms with Gasteiger partial charge in [0.1, 0.15) is 0 Å². The first kappa shape index (κ1) is 17.7. The van der Waals surface area contributed by atoms with Gasteiger partial charge in [-0.1, -0.05) is 60.2 Å². The average molecular weight is 336 g/mol. The van der Waals surface area contributed by atoms with E-state index in [0.717, 1.165) is 25.8 Å². The molecule has 1 saturated heterocycles. The Labute approximate surface area is 150 Å². The molecule has 2 N–H and O–H groups in total. The average Bonchev–Trinajstić information content (AvgIpc) is 3.03. The molecule has 1 heterocycles. The van der Waals surface area contributed by atoms with E-state index in [0.29, 0.717) is 13.0 Å². The van der Waals surface area contributed by atoms with Crippen LogP contribution >= 0.6 is 0 Å². The van der Waals surface area contributed by atoms with Crippen LogP contribution in [0.1, 0.15) is 41.9 Å². The standard InChI is InChI=1S/C22H28N2O/c1-17-11-13-18(14-12-17)7-5-6-10-22(25)24-15-20(21(23)16-24)19-8-3-2-4-9-19/h2-4,8-9,11-14,20-21H,5-7,10,15-16,23H2,1H3/t20-,21+/m0/s1. The molecule has 0 unspecified atom stereocenters. The van der Waals surface area contributed by atoms with Gasteiger partial charge in [-0.05, 0) is 37.3 Å². The summed E-state index contributed by atoms with van der Waals surface area (Å²) in [6, 6.07) is 19.0. The third-order valence-electron chi connectivity index (χ3n) is 5.17. The van der Waals surface area contributed by atoms with Crippen LogP contribution in [0.2, 0.25) is 0 Å². The Bertz CT molecular complexity index is 681. The van der Waals surface area contributed by atoms with Gasteiger partial charge in [0.2, 0.25) is 5.91 Å². The minimum absolute atomic E-state index is 0.0407. The van der Waals surface area contributed by atoms with E-state index in [2.05, 4.69) is 43.3 Å². The predicted molar refractivity (Wildman–Crippen MR) is 102 cm³/mol. The van der Waals surface area contributed by atoms with Gasteiger partial charge in [-0.3, -0.25) is 4.79 Å². The highest BCUT2D eigenvalue weighted by atomic mass is 16.2. The number of rotatable bonds is 6. The van der Waals surface area contributed by atoms with Gasteiger partial charge in [-0.2, -0.15) is 0 Å². The number of unbranched alkanes of at least 4 members (excludes halogenated alkanes) is 1. The normalized spacial score (nSPS) is 20.0. The summed E-state index contributed by atoms with van der Waals surface area (Å²) in [5.74, 6) is 0.510. The van der Waals surface area contributed by atoms with Crippen LogP contribution in [0.5, 0.6) is 0 Å². The van der Waals surface area contributed by atoms with Crippen molar-refractivity contribution in [2.24, 2.45) is 5.73 Å². The minimum Gasteiger partial charge on any atom is -0.340 e. The molecular weight excluding hydrogens is 308 g/mol. The Kier molecular flexibility index (Phi) is 5.87. The van der Waals surface area contributed by atoms with Crippen LogP contribution in [0, 0.1) is 6.92 Å². The van der Waals surface area contributed by atoms with Crippen molar-refractivity contribution in [1.82, 2.24) is 4.90 Å². The second-order valence-corrected chi connectivity index (χ2v) is 7.17. The van der Waals surface area contributed by atoms with Gasteiger partial charge in [0.25, 0.3) is 0 Å². The smallest absolute Gasteiger partial charge is 0.222 e. The number of carbonyl (C=O) groups excluding carboxylic acids is 1. The molecule has 1 aliphatic heterocycles. The number of aryl methyl sites for hydroxylation is 2. The van der Waals surface area contributed by atoms with Crippen molar-refractivity contribution < 1.29 is 4.79 Å². The zero-order chi connectivity index (χ0) is 17.6. The van der Waals surface area contributed by atoms with E-state index in [9.17, 15) is 4.79 Å². The summed E-state index contributed by atoms with van der Waals surface area (Å²) in [5, 5.41) is 0. The van der Waals surface area contributed by atoms with E-state index in [4.69, 9.17) is 5.73 Å². The fourth-order valence-electron chi connectivity index (χ4n) is 3.60. The molecule has 1 fully saturated rings. The summed E-state index contributed by atoms with van der Waals surface area (Å²) in [6.07, 6.45) is 3.66. The maximum atomic E-state index is 12.5. The molecule has 2 aromatic rings. The van der Waals surface area contributed by atoms with Crippen LogP contribution < -0.4 is 5.73 Å². The van der Waals surface area contributed by atoms with Gasteiger partial charge in [-0.15, -0.1) is 0 Å². The lowest BCUT2D eigenvalue weighted by Crippen LogP contribution is -2.32. The number of benzene rings is 2. The number of nitrogens with two attached hydrogens (primary N) is 1. The molecular formula is C22H28N2O. The van der Waals surface area contributed by atoms with Gasteiger partial charge in [0.15, 0.2) is 0 Å². The second-order valence-electron chi connectivity index (χ2n) is 7.17. The third-order valence-corrected chi connectivity index (χ3v) is 5.17. The van der Waals surface area contributed by atoms with Crippen molar-refractivity contribution in [3.63, 3.8) is 0 Å². The largest absolute Gasteiger partial charge is 0.340 e. The third kappa shape index (κ3) is 4.70. The highest BCUT2D eigenvalue weighted by Gasteiger charge is 2.33. The van der Waals surface area contributed by atoms with Crippen LogP contribution in [0.25, 0.3) is 0 Å². The number of likely N-dealkylation sites (tertiary alicyclic amines) is 1. The summed E-state index contributed by atoms with van der Waals surface area (Å²) < 4.78 is 0. The molecule has 0 aromatic heterocycles. The quantitative estimate of drug-likeness (QED) is 0.818. The number of hydrogen-bond acceptors (Lipinski definition) is 2. The molecule has 2 atom stereocenters. The van der Waals surface area contributed by atoms with Crippen molar-refractivity contribution in [1.29, 1.82) is 0 Å². The monoisotopic (exact) mass is 336 g/mol. The zero-order valence-corrected chi connectivity index (χ0v) is 15.0. The van der Waals surface area contributed by atoms with Gasteiger partial charge in [0, 0.05) is 31.5 Å². The lowest BCUT2D eigenvalue weighted by atomic mass is 9.95. The van der Waals surface area contributed by atoms with Crippen molar-refractivity contribution in [2.75, 3.05) is 13.1 Å². The van der Waals surface area contributed by atoms with Gasteiger partial charge >= 0.3 is 0 Å². The summed E-state index contributed by atoms with van der Waals surface area (Å²) >= 11 is 0. The maximum Gasteiger partial charge on any atom is 0.222 e. The molecule has 3 rings (SSSR count). The molecule has 2 aromatic carbocycles. The summed E-state index contributed by atoms with van der Waals surface area (Å²) in [7, 11) is 0. The Morgan fingerprint density at radius 3 is 2.48 bits per heavy atom. The Hall–Kier alpha value is -2.13. The van der Waals surface area contributed by atoms with Crippen LogP contribution in [0.4, 0.5) is 0 Å². The van der Waals surface area contributed by atoms with Crippen LogP contribution in [-0.4, -0.2) is 29.9 Å². The Balaban J connectivity index is 1.43. The van der Waals surface area contributed by atoms with Crippen molar-refractivity contribution in [2.45, 2.75) is 44.6 Å². The zero-order valence-electron chi connectivity index (χ0n) is 15.0. The van der Waals surface area contributed by atoms with Gasteiger partial charge in [-0.25, -0.2) is 0 Å². The van der Waals surface area contributed by atoms with E-state index >= 15 is 0 Å². The lowest BCUT2D eigenvalue weighted by Gasteiger charge is -2.16. The first-order valence-corrected chi connectivity index (χ1v) is 9.27. The van der Waals surface area contributed by atoms with Gasteiger partial charge < -0.3 is 10.6 Å². The summed E-state index contributed by atoms with van der Waals surface area (Å²) in [4.78, 5) is 14.4. The highest BCUT2D eigenvalue weighted by Crippen LogP contribution is 2.27. The molecule has 1 amide bonds. The molecule has 25 heavy (non-hydrogen) atoms. The van der Waals surface area contributed by atoms with E-state index in [1.807, 2.05) is 23.1 Å². The molecule has 0 bridgehead atoms. The number of carbonyl (C=O) groups is 1. The van der Waals surface area contributed by atoms with E-state index < -0.39 is 0 Å². The highest BCUT2D eigenvalue weighted by molar-refractivity contribution is 5.76. The first-order chi connectivity index (χ1) is 12.1. The predicted octanol–water partition coefficient (Wildman–Crippen LogP) is 3.66. The fourth-order valence-corrected chi connectivity index (χ4v) is 3.60. The van der Waals surface area contributed by atoms with E-state index in [1.54, 1.807) is 0 Å². The SMILES string of the molecule is Cc1ccc(CCCCC(=O)N2C[C@@H](N)[C@H](c3ccccc3)C2)cc1. The number of hydrogen-bond donors (Lipinski definition) is 1. The molecule has 0 radical (unpaired) electrons. The van der Waals surface area contributed by atoms with E-state index in [-0.39, 0.29) is 17.9 Å².